The predicted octanol–water partition coefficient (Wildman–Crippen LogP) is 2.81. The summed E-state index contributed by atoms with van der Waals surface area (Å²) < 4.78 is 20.3. The van der Waals surface area contributed by atoms with Crippen LogP contribution in [0.2, 0.25) is 0 Å². The molecule has 130 valence electrons. The number of benzene rings is 1. The zero-order valence-electron chi connectivity index (χ0n) is 14.1. The lowest BCUT2D eigenvalue weighted by Gasteiger charge is -2.15. The Morgan fingerprint density at radius 3 is 2.72 bits per heavy atom. The van der Waals surface area contributed by atoms with Crippen molar-refractivity contribution in [3.05, 3.63) is 60.1 Å². The molecule has 7 heteroatoms. The van der Waals surface area contributed by atoms with Crippen LogP contribution in [0, 0.1) is 5.82 Å². The van der Waals surface area contributed by atoms with Crippen LogP contribution in [0.5, 0.6) is 0 Å². The molecule has 0 saturated carbocycles. The number of nitrogens with zero attached hydrogens (tertiary/aromatic N) is 4. The zero-order chi connectivity index (χ0) is 17.8. The normalized spacial score (nSPS) is 10.8. The summed E-state index contributed by atoms with van der Waals surface area (Å²) in [5, 5.41) is 4.09. The van der Waals surface area contributed by atoms with E-state index < -0.39 is 0 Å². The summed E-state index contributed by atoms with van der Waals surface area (Å²) in [6.07, 6.45) is 5.93. The molecular weight excluding hydrogens is 323 g/mol. The minimum absolute atomic E-state index is 0.00499. The summed E-state index contributed by atoms with van der Waals surface area (Å²) >= 11 is 0. The van der Waals surface area contributed by atoms with Crippen molar-refractivity contribution in [3.8, 4) is 11.3 Å². The Morgan fingerprint density at radius 2 is 2.04 bits per heavy atom. The maximum atomic E-state index is 13.0. The summed E-state index contributed by atoms with van der Waals surface area (Å²) in [5.74, 6) is 0.754. The highest BCUT2D eigenvalue weighted by atomic mass is 19.1. The highest BCUT2D eigenvalue weighted by molar-refractivity contribution is 5.76. The first-order valence-electron chi connectivity index (χ1n) is 7.93. The molecule has 0 saturated heterocycles. The minimum Gasteiger partial charge on any atom is -0.441 e. The van der Waals surface area contributed by atoms with Crippen LogP contribution in [0.3, 0.4) is 0 Å². The van der Waals surface area contributed by atoms with Crippen molar-refractivity contribution >= 4 is 5.91 Å². The number of rotatable bonds is 6. The van der Waals surface area contributed by atoms with Crippen LogP contribution in [0.4, 0.5) is 4.39 Å². The number of hydrogen-bond donors (Lipinski definition) is 0. The van der Waals surface area contributed by atoms with Gasteiger partial charge in [0.2, 0.25) is 5.91 Å². The number of halogens is 1. The molecule has 0 N–H and O–H groups in total. The fourth-order valence-electron chi connectivity index (χ4n) is 2.49. The van der Waals surface area contributed by atoms with E-state index in [9.17, 15) is 9.18 Å². The molecule has 0 atom stereocenters. The Hall–Kier alpha value is -2.96. The molecule has 0 aliphatic rings. The summed E-state index contributed by atoms with van der Waals surface area (Å²) in [5.41, 5.74) is 1.73. The van der Waals surface area contributed by atoms with Gasteiger partial charge in [0.25, 0.3) is 0 Å². The van der Waals surface area contributed by atoms with Crippen LogP contribution >= 0.6 is 0 Å². The second-order valence-electron chi connectivity index (χ2n) is 5.90. The fourth-order valence-corrected chi connectivity index (χ4v) is 2.49. The van der Waals surface area contributed by atoms with Gasteiger partial charge >= 0.3 is 0 Å². The molecule has 0 aliphatic heterocycles. The molecule has 3 aromatic rings. The third-order valence-electron chi connectivity index (χ3n) is 3.84. The number of carbonyl (C=O) groups is 1. The van der Waals surface area contributed by atoms with Gasteiger partial charge in [-0.3, -0.25) is 9.48 Å². The average molecular weight is 342 g/mol. The monoisotopic (exact) mass is 342 g/mol. The molecule has 0 fully saturated rings. The average Bonchev–Trinajstić information content (AvgIpc) is 3.22. The van der Waals surface area contributed by atoms with Gasteiger partial charge in [0.1, 0.15) is 5.82 Å². The van der Waals surface area contributed by atoms with E-state index in [-0.39, 0.29) is 11.7 Å². The Balaban J connectivity index is 1.54. The molecule has 0 unspecified atom stereocenters. The van der Waals surface area contributed by atoms with Crippen molar-refractivity contribution in [2.75, 3.05) is 7.05 Å². The van der Waals surface area contributed by atoms with Gasteiger partial charge in [-0.1, -0.05) is 0 Å². The smallest absolute Gasteiger partial charge is 0.223 e. The molecular formula is C18H19FN4O2. The van der Waals surface area contributed by atoms with E-state index in [0.717, 1.165) is 11.1 Å². The number of carbonyl (C=O) groups excluding carboxylic acids is 1. The lowest BCUT2D eigenvalue weighted by atomic mass is 10.2. The second-order valence-corrected chi connectivity index (χ2v) is 5.90. The van der Waals surface area contributed by atoms with Crippen molar-refractivity contribution in [2.24, 2.45) is 7.05 Å². The van der Waals surface area contributed by atoms with Gasteiger partial charge < -0.3 is 9.32 Å². The van der Waals surface area contributed by atoms with Crippen LogP contribution in [0.1, 0.15) is 17.9 Å². The SMILES string of the molecule is CN(Cc1cnn(C)c1)C(=O)CCc1ncc(-c2ccc(F)cc2)o1. The maximum Gasteiger partial charge on any atom is 0.223 e. The van der Waals surface area contributed by atoms with Gasteiger partial charge in [-0.15, -0.1) is 0 Å². The summed E-state index contributed by atoms with van der Waals surface area (Å²) in [4.78, 5) is 18.1. The van der Waals surface area contributed by atoms with Crippen LogP contribution in [-0.4, -0.2) is 32.6 Å². The van der Waals surface area contributed by atoms with Gasteiger partial charge in [-0.25, -0.2) is 9.37 Å². The first-order valence-corrected chi connectivity index (χ1v) is 7.93. The first-order chi connectivity index (χ1) is 12.0. The van der Waals surface area contributed by atoms with Crippen molar-refractivity contribution in [1.29, 1.82) is 0 Å². The molecule has 0 spiro atoms. The van der Waals surface area contributed by atoms with E-state index in [0.29, 0.717) is 31.0 Å². The standard InChI is InChI=1S/C18H19FN4O2/c1-22(11-13-9-21-23(2)12-13)18(24)8-7-17-20-10-16(25-17)14-3-5-15(19)6-4-14/h3-6,9-10,12H,7-8,11H2,1-2H3. The Kier molecular flexibility index (Phi) is 4.92. The number of hydrogen-bond acceptors (Lipinski definition) is 4. The number of aryl methyl sites for hydroxylation is 2. The molecule has 6 nitrogen and oxygen atoms in total. The molecule has 1 amide bonds. The van der Waals surface area contributed by atoms with E-state index >= 15 is 0 Å². The summed E-state index contributed by atoms with van der Waals surface area (Å²) in [7, 11) is 3.60. The van der Waals surface area contributed by atoms with Gasteiger partial charge in [0, 0.05) is 50.8 Å². The molecule has 1 aromatic carbocycles. The Bertz CT molecular complexity index is 854. The molecule has 25 heavy (non-hydrogen) atoms. The fraction of sp³-hybridized carbons (Fsp3) is 0.278. The molecule has 3 rings (SSSR count). The van der Waals surface area contributed by atoms with Gasteiger partial charge in [0.15, 0.2) is 11.7 Å². The molecule has 0 aliphatic carbocycles. The van der Waals surface area contributed by atoms with Crippen LogP contribution in [0.15, 0.2) is 47.3 Å². The number of oxazole rings is 1. The highest BCUT2D eigenvalue weighted by Gasteiger charge is 2.13. The van der Waals surface area contributed by atoms with Crippen LogP contribution in [0.25, 0.3) is 11.3 Å². The van der Waals surface area contributed by atoms with Gasteiger partial charge in [-0.05, 0) is 24.3 Å². The summed E-state index contributed by atoms with van der Waals surface area (Å²) in [6.45, 7) is 0.513. The highest BCUT2D eigenvalue weighted by Crippen LogP contribution is 2.21. The van der Waals surface area contributed by atoms with E-state index in [2.05, 4.69) is 10.1 Å². The van der Waals surface area contributed by atoms with E-state index in [1.165, 1.54) is 12.1 Å². The topological polar surface area (TPSA) is 64.2 Å². The number of aromatic nitrogens is 3. The third kappa shape index (κ3) is 4.32. The predicted molar refractivity (Wildman–Crippen MR) is 89.9 cm³/mol. The largest absolute Gasteiger partial charge is 0.441 e. The molecule has 0 radical (unpaired) electrons. The Labute approximate surface area is 144 Å². The lowest BCUT2D eigenvalue weighted by molar-refractivity contribution is -0.130. The van der Waals surface area contributed by atoms with Crippen molar-refractivity contribution in [1.82, 2.24) is 19.7 Å². The van der Waals surface area contributed by atoms with E-state index in [4.69, 9.17) is 4.42 Å². The number of amides is 1. The molecule has 2 heterocycles. The maximum absolute atomic E-state index is 13.0. The van der Waals surface area contributed by atoms with Crippen molar-refractivity contribution in [3.63, 3.8) is 0 Å². The van der Waals surface area contributed by atoms with E-state index in [1.807, 2.05) is 13.2 Å². The molecule has 2 aromatic heterocycles. The third-order valence-corrected chi connectivity index (χ3v) is 3.84. The second kappa shape index (κ2) is 7.29. The minimum atomic E-state index is -0.300. The van der Waals surface area contributed by atoms with Crippen LogP contribution in [-0.2, 0) is 24.8 Å². The zero-order valence-corrected chi connectivity index (χ0v) is 14.1. The summed E-state index contributed by atoms with van der Waals surface area (Å²) in [6, 6.07) is 6.00. The molecule has 0 bridgehead atoms. The first kappa shape index (κ1) is 16.9. The van der Waals surface area contributed by atoms with Crippen molar-refractivity contribution < 1.29 is 13.6 Å². The van der Waals surface area contributed by atoms with Gasteiger partial charge in [-0.2, -0.15) is 5.10 Å². The van der Waals surface area contributed by atoms with Gasteiger partial charge in [0.05, 0.1) is 12.4 Å². The quantitative estimate of drug-likeness (QED) is 0.691. The van der Waals surface area contributed by atoms with Crippen LogP contribution < -0.4 is 0 Å². The van der Waals surface area contributed by atoms with E-state index in [1.54, 1.807) is 41.2 Å². The van der Waals surface area contributed by atoms with Crippen molar-refractivity contribution in [2.45, 2.75) is 19.4 Å². The lowest BCUT2D eigenvalue weighted by Crippen LogP contribution is -2.26. The Morgan fingerprint density at radius 1 is 1.28 bits per heavy atom.